The summed E-state index contributed by atoms with van der Waals surface area (Å²) in [5.41, 5.74) is 0.496. The van der Waals surface area contributed by atoms with Gasteiger partial charge in [-0.25, -0.2) is 8.42 Å². The van der Waals surface area contributed by atoms with E-state index in [0.29, 0.717) is 25.4 Å². The van der Waals surface area contributed by atoms with Gasteiger partial charge in [0.25, 0.3) is 21.8 Å². The van der Waals surface area contributed by atoms with Crippen LogP contribution < -0.4 is 14.8 Å². The standard InChI is InChI=1S/C23H29N3O6S/c1-31-15-12-24-22(27)18-8-4-5-9-20(18)25-33(29,30)17-10-11-21(32-2)19(16-17)23(28)26-13-6-3-7-14-26/h4-5,8-11,16,25H,3,6-7,12-15H2,1-2H3,(H,24,27). The molecule has 0 bridgehead atoms. The Kier molecular flexibility index (Phi) is 8.29. The highest BCUT2D eigenvalue weighted by atomic mass is 32.2. The first-order valence-corrected chi connectivity index (χ1v) is 12.2. The summed E-state index contributed by atoms with van der Waals surface area (Å²) in [6.45, 7) is 1.88. The molecule has 0 unspecified atom stereocenters. The predicted molar refractivity (Wildman–Crippen MR) is 124 cm³/mol. The minimum absolute atomic E-state index is 0.0988. The van der Waals surface area contributed by atoms with Crippen molar-refractivity contribution in [3.63, 3.8) is 0 Å². The van der Waals surface area contributed by atoms with Crippen molar-refractivity contribution in [3.05, 3.63) is 53.6 Å². The number of rotatable bonds is 9. The number of ether oxygens (including phenoxy) is 2. The van der Waals surface area contributed by atoms with Crippen molar-refractivity contribution >= 4 is 27.5 Å². The molecule has 178 valence electrons. The van der Waals surface area contributed by atoms with Crippen LogP contribution in [0.4, 0.5) is 5.69 Å². The maximum Gasteiger partial charge on any atom is 0.261 e. The third kappa shape index (κ3) is 6.02. The maximum absolute atomic E-state index is 13.2. The van der Waals surface area contributed by atoms with Gasteiger partial charge in [0.2, 0.25) is 0 Å². The monoisotopic (exact) mass is 475 g/mol. The molecule has 0 aliphatic carbocycles. The number of methoxy groups -OCH3 is 2. The van der Waals surface area contributed by atoms with E-state index in [0.717, 1.165) is 19.3 Å². The fourth-order valence-corrected chi connectivity index (χ4v) is 4.73. The summed E-state index contributed by atoms with van der Waals surface area (Å²) in [5, 5.41) is 2.68. The van der Waals surface area contributed by atoms with Crippen LogP contribution in [0, 0.1) is 0 Å². The molecule has 2 N–H and O–H groups in total. The van der Waals surface area contributed by atoms with Crippen LogP contribution in [0.3, 0.4) is 0 Å². The number of anilines is 1. The molecule has 9 nitrogen and oxygen atoms in total. The predicted octanol–water partition coefficient (Wildman–Crippen LogP) is 2.50. The molecule has 0 radical (unpaired) electrons. The topological polar surface area (TPSA) is 114 Å². The van der Waals surface area contributed by atoms with Gasteiger partial charge in [0.15, 0.2) is 0 Å². The Morgan fingerprint density at radius 2 is 1.73 bits per heavy atom. The largest absolute Gasteiger partial charge is 0.496 e. The number of piperidine rings is 1. The summed E-state index contributed by atoms with van der Waals surface area (Å²) in [6, 6.07) is 10.5. The second kappa shape index (κ2) is 11.2. The zero-order chi connectivity index (χ0) is 23.8. The number of likely N-dealkylation sites (tertiary alicyclic amines) is 1. The van der Waals surface area contributed by atoms with Gasteiger partial charge in [-0.05, 0) is 49.6 Å². The van der Waals surface area contributed by atoms with Gasteiger partial charge in [0.1, 0.15) is 5.75 Å². The van der Waals surface area contributed by atoms with Crippen LogP contribution in [0.1, 0.15) is 40.0 Å². The molecule has 10 heteroatoms. The third-order valence-corrected chi connectivity index (χ3v) is 6.73. The third-order valence-electron chi connectivity index (χ3n) is 5.36. The normalized spacial score (nSPS) is 13.9. The summed E-state index contributed by atoms with van der Waals surface area (Å²) in [5.74, 6) is -0.384. The Bertz CT molecular complexity index is 1100. The summed E-state index contributed by atoms with van der Waals surface area (Å²) in [7, 11) is -1.13. The zero-order valence-corrected chi connectivity index (χ0v) is 19.6. The SMILES string of the molecule is COCCNC(=O)c1ccccc1NS(=O)(=O)c1ccc(OC)c(C(=O)N2CCCCC2)c1. The molecule has 2 amide bonds. The Labute approximate surface area is 194 Å². The fourth-order valence-electron chi connectivity index (χ4n) is 3.62. The van der Waals surface area contributed by atoms with E-state index in [-0.39, 0.29) is 34.2 Å². The Hall–Kier alpha value is -3.11. The van der Waals surface area contributed by atoms with Gasteiger partial charge in [-0.1, -0.05) is 12.1 Å². The fraction of sp³-hybridized carbons (Fsp3) is 0.391. The highest BCUT2D eigenvalue weighted by Crippen LogP contribution is 2.27. The van der Waals surface area contributed by atoms with Crippen molar-refractivity contribution in [1.82, 2.24) is 10.2 Å². The summed E-state index contributed by atoms with van der Waals surface area (Å²) >= 11 is 0. The molecule has 1 aliphatic heterocycles. The zero-order valence-electron chi connectivity index (χ0n) is 18.8. The van der Waals surface area contributed by atoms with Gasteiger partial charge in [-0.2, -0.15) is 0 Å². The van der Waals surface area contributed by atoms with Gasteiger partial charge in [-0.3, -0.25) is 14.3 Å². The Morgan fingerprint density at radius 1 is 1.00 bits per heavy atom. The Morgan fingerprint density at radius 3 is 2.42 bits per heavy atom. The lowest BCUT2D eigenvalue weighted by Crippen LogP contribution is -2.35. The molecule has 0 aromatic heterocycles. The van der Waals surface area contributed by atoms with Crippen molar-refractivity contribution in [2.45, 2.75) is 24.2 Å². The van der Waals surface area contributed by atoms with Crippen LogP contribution >= 0.6 is 0 Å². The number of benzene rings is 2. The minimum Gasteiger partial charge on any atom is -0.496 e. The molecule has 0 spiro atoms. The smallest absolute Gasteiger partial charge is 0.261 e. The van der Waals surface area contributed by atoms with Gasteiger partial charge >= 0.3 is 0 Å². The van der Waals surface area contributed by atoms with Crippen molar-refractivity contribution in [3.8, 4) is 5.75 Å². The number of hydrogen-bond donors (Lipinski definition) is 2. The lowest BCUT2D eigenvalue weighted by atomic mass is 10.1. The average Bonchev–Trinajstić information content (AvgIpc) is 2.84. The van der Waals surface area contributed by atoms with Crippen LogP contribution in [0.25, 0.3) is 0 Å². The van der Waals surface area contributed by atoms with Crippen molar-refractivity contribution in [1.29, 1.82) is 0 Å². The van der Waals surface area contributed by atoms with Gasteiger partial charge in [-0.15, -0.1) is 0 Å². The average molecular weight is 476 g/mol. The molecule has 3 rings (SSSR count). The van der Waals surface area contributed by atoms with E-state index in [4.69, 9.17) is 9.47 Å². The van der Waals surface area contributed by atoms with Gasteiger partial charge in [0.05, 0.1) is 35.4 Å². The first-order valence-electron chi connectivity index (χ1n) is 10.7. The number of carbonyl (C=O) groups excluding carboxylic acids is 2. The van der Waals surface area contributed by atoms with E-state index >= 15 is 0 Å². The molecule has 0 atom stereocenters. The molecule has 2 aromatic carbocycles. The van der Waals surface area contributed by atoms with Crippen LogP contribution in [0.15, 0.2) is 47.4 Å². The van der Waals surface area contributed by atoms with Crippen molar-refractivity contribution in [2.75, 3.05) is 45.2 Å². The lowest BCUT2D eigenvalue weighted by Gasteiger charge is -2.27. The summed E-state index contributed by atoms with van der Waals surface area (Å²) < 4.78 is 39.0. The molecule has 1 heterocycles. The van der Waals surface area contributed by atoms with E-state index in [2.05, 4.69) is 10.0 Å². The quantitative estimate of drug-likeness (QED) is 0.539. The highest BCUT2D eigenvalue weighted by molar-refractivity contribution is 7.92. The number of hydrogen-bond acceptors (Lipinski definition) is 6. The van der Waals surface area contributed by atoms with E-state index in [9.17, 15) is 18.0 Å². The maximum atomic E-state index is 13.2. The minimum atomic E-state index is -4.09. The summed E-state index contributed by atoms with van der Waals surface area (Å²) in [4.78, 5) is 27.2. The first-order chi connectivity index (χ1) is 15.9. The second-order valence-electron chi connectivity index (χ2n) is 7.61. The Balaban J connectivity index is 1.88. The lowest BCUT2D eigenvalue weighted by molar-refractivity contribution is 0.0720. The number of para-hydroxylation sites is 1. The van der Waals surface area contributed by atoms with Gasteiger partial charge in [0, 0.05) is 26.7 Å². The molecule has 1 aliphatic rings. The number of carbonyl (C=O) groups is 2. The van der Waals surface area contributed by atoms with Gasteiger partial charge < -0.3 is 19.7 Å². The first kappa shape index (κ1) is 24.5. The van der Waals surface area contributed by atoms with Crippen LogP contribution in [0.2, 0.25) is 0 Å². The van der Waals surface area contributed by atoms with E-state index in [1.54, 1.807) is 17.0 Å². The van der Waals surface area contributed by atoms with E-state index in [1.807, 2.05) is 0 Å². The van der Waals surface area contributed by atoms with Crippen LogP contribution in [0.5, 0.6) is 5.75 Å². The van der Waals surface area contributed by atoms with E-state index in [1.165, 1.54) is 44.6 Å². The van der Waals surface area contributed by atoms with Crippen LogP contribution in [-0.4, -0.2) is 65.6 Å². The number of nitrogens with zero attached hydrogens (tertiary/aromatic N) is 1. The number of sulfonamides is 1. The molecule has 33 heavy (non-hydrogen) atoms. The van der Waals surface area contributed by atoms with Crippen LogP contribution in [-0.2, 0) is 14.8 Å². The molecule has 1 fully saturated rings. The molecule has 1 saturated heterocycles. The number of nitrogens with one attached hydrogen (secondary N) is 2. The highest BCUT2D eigenvalue weighted by Gasteiger charge is 2.25. The molecular formula is C23H29N3O6S. The second-order valence-corrected chi connectivity index (χ2v) is 9.30. The molecule has 2 aromatic rings. The molecular weight excluding hydrogens is 446 g/mol. The number of amides is 2. The molecule has 0 saturated carbocycles. The summed E-state index contributed by atoms with van der Waals surface area (Å²) in [6.07, 6.45) is 2.89. The van der Waals surface area contributed by atoms with E-state index < -0.39 is 15.9 Å². The van der Waals surface area contributed by atoms with Crippen molar-refractivity contribution in [2.24, 2.45) is 0 Å². The van der Waals surface area contributed by atoms with Crippen molar-refractivity contribution < 1.29 is 27.5 Å².